The molecule has 2 N–H and O–H groups in total. The van der Waals surface area contributed by atoms with Crippen LogP contribution in [0.2, 0.25) is 0 Å². The number of hydrogen-bond donors (Lipinski definition) is 1. The second-order valence-corrected chi connectivity index (χ2v) is 5.42. The van der Waals surface area contributed by atoms with Crippen molar-refractivity contribution in [1.29, 1.82) is 0 Å². The summed E-state index contributed by atoms with van der Waals surface area (Å²) < 4.78 is 27.4. The van der Waals surface area contributed by atoms with Crippen LogP contribution in [0.4, 0.5) is 8.78 Å². The molecule has 0 atom stereocenters. The van der Waals surface area contributed by atoms with Crippen LogP contribution in [0, 0.1) is 11.6 Å². The lowest BCUT2D eigenvalue weighted by atomic mass is 10.1. The fourth-order valence-corrected chi connectivity index (χ4v) is 2.68. The van der Waals surface area contributed by atoms with Crippen molar-refractivity contribution < 1.29 is 13.6 Å². The zero-order valence-corrected chi connectivity index (χ0v) is 10.6. The van der Waals surface area contributed by atoms with E-state index in [9.17, 15) is 13.6 Å². The van der Waals surface area contributed by atoms with E-state index in [1.54, 1.807) is 0 Å². The molecule has 0 aliphatic heterocycles. The first-order chi connectivity index (χ1) is 8.00. The quantitative estimate of drug-likeness (QED) is 0.925. The van der Waals surface area contributed by atoms with Gasteiger partial charge in [0.15, 0.2) is 5.01 Å². The number of hydrogen-bond acceptors (Lipinski definition) is 3. The van der Waals surface area contributed by atoms with Gasteiger partial charge in [0.1, 0.15) is 17.3 Å². The fraction of sp³-hybridized carbons (Fsp3) is 0. The van der Waals surface area contributed by atoms with Gasteiger partial charge >= 0.3 is 0 Å². The molecule has 3 nitrogen and oxygen atoms in total. The molecule has 1 aromatic carbocycles. The Balaban J connectivity index is 2.64. The molecule has 0 saturated heterocycles. The molecule has 0 unspecified atom stereocenters. The maximum Gasteiger partial charge on any atom is 0.277 e. The summed E-state index contributed by atoms with van der Waals surface area (Å²) in [5.74, 6) is -2.22. The SMILES string of the molecule is NC(=O)c1nc(-c2c(F)cccc2F)c(Br)s1. The second-order valence-electron chi connectivity index (χ2n) is 3.10. The topological polar surface area (TPSA) is 56.0 Å². The summed E-state index contributed by atoms with van der Waals surface area (Å²) in [7, 11) is 0. The van der Waals surface area contributed by atoms with Crippen LogP contribution in [0.1, 0.15) is 9.80 Å². The first-order valence-corrected chi connectivity index (χ1v) is 6.02. The molecule has 1 heterocycles. The Morgan fingerprint density at radius 1 is 1.35 bits per heavy atom. The minimum Gasteiger partial charge on any atom is -0.364 e. The van der Waals surface area contributed by atoms with E-state index in [-0.39, 0.29) is 16.3 Å². The first kappa shape index (κ1) is 12.1. The van der Waals surface area contributed by atoms with E-state index in [0.717, 1.165) is 23.5 Å². The molecule has 2 rings (SSSR count). The van der Waals surface area contributed by atoms with Gasteiger partial charge in [-0.05, 0) is 28.1 Å². The van der Waals surface area contributed by atoms with E-state index in [1.165, 1.54) is 6.07 Å². The Kier molecular flexibility index (Phi) is 3.21. The molecular formula is C10H5BrF2N2OS. The number of aromatic nitrogens is 1. The minimum atomic E-state index is -0.743. The van der Waals surface area contributed by atoms with Crippen molar-refractivity contribution in [3.63, 3.8) is 0 Å². The number of benzene rings is 1. The summed E-state index contributed by atoms with van der Waals surface area (Å²) in [6.45, 7) is 0. The standard InChI is InChI=1S/C10H5BrF2N2OS/c11-8-7(15-10(17-8)9(14)16)6-4(12)2-1-3-5(6)13/h1-3H,(H2,14,16). The van der Waals surface area contributed by atoms with Gasteiger partial charge in [-0.3, -0.25) is 4.79 Å². The highest BCUT2D eigenvalue weighted by molar-refractivity contribution is 9.11. The Hall–Kier alpha value is -1.34. The maximum atomic E-state index is 13.5. The highest BCUT2D eigenvalue weighted by Crippen LogP contribution is 2.35. The van der Waals surface area contributed by atoms with Gasteiger partial charge in [0.25, 0.3) is 5.91 Å². The number of carbonyl (C=O) groups is 1. The zero-order chi connectivity index (χ0) is 12.6. The van der Waals surface area contributed by atoms with Gasteiger partial charge in [-0.25, -0.2) is 13.8 Å². The van der Waals surface area contributed by atoms with Crippen LogP contribution in [0.3, 0.4) is 0 Å². The minimum absolute atomic E-state index is 0.00507. The van der Waals surface area contributed by atoms with E-state index >= 15 is 0 Å². The van der Waals surface area contributed by atoms with Gasteiger partial charge in [-0.1, -0.05) is 6.07 Å². The first-order valence-electron chi connectivity index (χ1n) is 4.41. The van der Waals surface area contributed by atoms with Gasteiger partial charge in [0, 0.05) is 0 Å². The fourth-order valence-electron chi connectivity index (χ4n) is 1.29. The van der Waals surface area contributed by atoms with Gasteiger partial charge in [-0.15, -0.1) is 11.3 Å². The molecule has 1 amide bonds. The van der Waals surface area contributed by atoms with Crippen LogP contribution in [-0.2, 0) is 0 Å². The number of thiazole rings is 1. The molecule has 0 aliphatic carbocycles. The lowest BCUT2D eigenvalue weighted by Crippen LogP contribution is -2.10. The molecule has 0 aliphatic rings. The summed E-state index contributed by atoms with van der Waals surface area (Å²) >= 11 is 4.04. The van der Waals surface area contributed by atoms with Crippen molar-refractivity contribution in [2.75, 3.05) is 0 Å². The highest BCUT2D eigenvalue weighted by Gasteiger charge is 2.20. The number of nitrogens with zero attached hydrogens (tertiary/aromatic N) is 1. The summed E-state index contributed by atoms with van der Waals surface area (Å²) in [6, 6.07) is 3.49. The summed E-state index contributed by atoms with van der Waals surface area (Å²) in [6.07, 6.45) is 0. The predicted molar refractivity (Wildman–Crippen MR) is 63.7 cm³/mol. The number of nitrogens with two attached hydrogens (primary N) is 1. The third kappa shape index (κ3) is 2.20. The van der Waals surface area contributed by atoms with E-state index < -0.39 is 17.5 Å². The van der Waals surface area contributed by atoms with E-state index in [0.29, 0.717) is 3.79 Å². The third-order valence-corrected chi connectivity index (χ3v) is 3.72. The molecule has 1 aromatic heterocycles. The van der Waals surface area contributed by atoms with Crippen LogP contribution in [0.15, 0.2) is 22.0 Å². The summed E-state index contributed by atoms with van der Waals surface area (Å²) in [4.78, 5) is 14.7. The molecule has 0 bridgehead atoms. The zero-order valence-electron chi connectivity index (χ0n) is 8.21. The molecule has 0 radical (unpaired) electrons. The third-order valence-electron chi connectivity index (χ3n) is 2.00. The smallest absolute Gasteiger partial charge is 0.277 e. The van der Waals surface area contributed by atoms with Crippen LogP contribution >= 0.6 is 27.3 Å². The summed E-state index contributed by atoms with van der Waals surface area (Å²) in [5.41, 5.74) is 4.82. The van der Waals surface area contributed by atoms with Gasteiger partial charge in [-0.2, -0.15) is 0 Å². The van der Waals surface area contributed by atoms with E-state index in [2.05, 4.69) is 20.9 Å². The number of amides is 1. The van der Waals surface area contributed by atoms with E-state index in [1.807, 2.05) is 0 Å². The van der Waals surface area contributed by atoms with Crippen LogP contribution < -0.4 is 5.73 Å². The van der Waals surface area contributed by atoms with Crippen molar-refractivity contribution >= 4 is 33.2 Å². The molecule has 0 fully saturated rings. The van der Waals surface area contributed by atoms with Gasteiger partial charge in [0.2, 0.25) is 0 Å². The van der Waals surface area contributed by atoms with Crippen LogP contribution in [-0.4, -0.2) is 10.9 Å². The van der Waals surface area contributed by atoms with Crippen molar-refractivity contribution in [3.8, 4) is 11.3 Å². The van der Waals surface area contributed by atoms with Gasteiger partial charge in [0.05, 0.1) is 9.35 Å². The van der Waals surface area contributed by atoms with E-state index in [4.69, 9.17) is 5.73 Å². The highest BCUT2D eigenvalue weighted by atomic mass is 79.9. The normalized spacial score (nSPS) is 10.5. The second kappa shape index (κ2) is 4.50. The van der Waals surface area contributed by atoms with Crippen LogP contribution in [0.25, 0.3) is 11.3 Å². The number of rotatable bonds is 2. The van der Waals surface area contributed by atoms with Crippen molar-refractivity contribution in [3.05, 3.63) is 38.6 Å². The Labute approximate surface area is 107 Å². The van der Waals surface area contributed by atoms with Crippen molar-refractivity contribution in [2.24, 2.45) is 5.73 Å². The lowest BCUT2D eigenvalue weighted by Gasteiger charge is -2.01. The molecule has 17 heavy (non-hydrogen) atoms. The molecular weight excluding hydrogens is 314 g/mol. The molecule has 7 heteroatoms. The molecule has 2 aromatic rings. The average molecular weight is 319 g/mol. The predicted octanol–water partition coefficient (Wildman–Crippen LogP) is 2.95. The maximum absolute atomic E-state index is 13.5. The molecule has 88 valence electrons. The van der Waals surface area contributed by atoms with Gasteiger partial charge < -0.3 is 5.73 Å². The Morgan fingerprint density at radius 3 is 2.41 bits per heavy atom. The monoisotopic (exact) mass is 318 g/mol. The largest absolute Gasteiger partial charge is 0.364 e. The number of carbonyl (C=O) groups excluding carboxylic acids is 1. The van der Waals surface area contributed by atoms with Crippen molar-refractivity contribution in [1.82, 2.24) is 4.98 Å². The van der Waals surface area contributed by atoms with Crippen molar-refractivity contribution in [2.45, 2.75) is 0 Å². The number of halogens is 3. The molecule has 0 spiro atoms. The average Bonchev–Trinajstić information content (AvgIpc) is 2.61. The molecule has 0 saturated carbocycles. The Bertz CT molecular complexity index is 580. The number of primary amides is 1. The van der Waals surface area contributed by atoms with Crippen LogP contribution in [0.5, 0.6) is 0 Å². The lowest BCUT2D eigenvalue weighted by molar-refractivity contribution is 0.1000. The Morgan fingerprint density at radius 2 is 1.94 bits per heavy atom. The summed E-state index contributed by atoms with van der Waals surface area (Å²) in [5, 5.41) is -0.00507.